The van der Waals surface area contributed by atoms with E-state index in [2.05, 4.69) is 9.24 Å². The molecule has 0 radical (unpaired) electrons. The highest BCUT2D eigenvalue weighted by Crippen LogP contribution is 2.10. The van der Waals surface area contributed by atoms with Crippen LogP contribution < -0.4 is 0 Å². The van der Waals surface area contributed by atoms with Gasteiger partial charge in [-0.25, -0.2) is 0 Å². The van der Waals surface area contributed by atoms with Crippen molar-refractivity contribution in [3.05, 3.63) is 0 Å². The van der Waals surface area contributed by atoms with E-state index in [0.29, 0.717) is 0 Å². The van der Waals surface area contributed by atoms with Crippen molar-refractivity contribution in [3.8, 4) is 0 Å². The van der Waals surface area contributed by atoms with E-state index in [1.54, 1.807) is 0 Å². The third-order valence-electron chi connectivity index (χ3n) is 2.59. The SMILES string of the molecule is FCCCCCCCCCCCCP. The molecule has 2 heteroatoms. The van der Waals surface area contributed by atoms with Gasteiger partial charge in [-0.1, -0.05) is 51.4 Å². The first-order valence-corrected chi connectivity index (χ1v) is 6.99. The van der Waals surface area contributed by atoms with Crippen molar-refractivity contribution < 1.29 is 4.39 Å². The molecule has 1 unspecified atom stereocenters. The van der Waals surface area contributed by atoms with Crippen LogP contribution in [0.2, 0.25) is 0 Å². The molecule has 0 heterocycles. The van der Waals surface area contributed by atoms with E-state index in [0.717, 1.165) is 12.8 Å². The first-order valence-electron chi connectivity index (χ1n) is 6.18. The van der Waals surface area contributed by atoms with Gasteiger partial charge in [-0.05, 0) is 19.0 Å². The van der Waals surface area contributed by atoms with Gasteiger partial charge in [0.15, 0.2) is 0 Å². The Balaban J connectivity index is 2.78. The largest absolute Gasteiger partial charge is 0.251 e. The molecule has 0 aromatic heterocycles. The van der Waals surface area contributed by atoms with Gasteiger partial charge in [0, 0.05) is 0 Å². The molecule has 0 bridgehead atoms. The van der Waals surface area contributed by atoms with Crippen LogP contribution in [0.15, 0.2) is 0 Å². The lowest BCUT2D eigenvalue weighted by Crippen LogP contribution is -1.83. The molecule has 0 aromatic rings. The quantitative estimate of drug-likeness (QED) is 0.349. The van der Waals surface area contributed by atoms with E-state index >= 15 is 0 Å². The van der Waals surface area contributed by atoms with E-state index in [4.69, 9.17) is 0 Å². The minimum absolute atomic E-state index is 0.130. The second-order valence-electron chi connectivity index (χ2n) is 4.01. The minimum atomic E-state index is -0.130. The summed E-state index contributed by atoms with van der Waals surface area (Å²) in [7, 11) is 2.78. The lowest BCUT2D eigenvalue weighted by atomic mass is 10.1. The topological polar surface area (TPSA) is 0 Å². The highest BCUT2D eigenvalue weighted by Gasteiger charge is 1.92. The molecule has 0 fully saturated rings. The van der Waals surface area contributed by atoms with E-state index in [1.807, 2.05) is 0 Å². The Morgan fingerprint density at radius 3 is 1.29 bits per heavy atom. The molecule has 0 aliphatic rings. The zero-order valence-corrected chi connectivity index (χ0v) is 10.6. The van der Waals surface area contributed by atoms with Gasteiger partial charge in [0.05, 0.1) is 6.67 Å². The van der Waals surface area contributed by atoms with Gasteiger partial charge in [-0.3, -0.25) is 4.39 Å². The van der Waals surface area contributed by atoms with Crippen LogP contribution in [-0.2, 0) is 0 Å². The molecule has 0 aliphatic heterocycles. The van der Waals surface area contributed by atoms with Crippen molar-refractivity contribution in [2.45, 2.75) is 64.2 Å². The lowest BCUT2D eigenvalue weighted by Gasteiger charge is -2.01. The normalized spacial score (nSPS) is 10.7. The summed E-state index contributed by atoms with van der Waals surface area (Å²) in [5.74, 6) is 0. The molecule has 0 rings (SSSR count). The molecule has 0 saturated carbocycles. The number of halogens is 1. The molecule has 1 atom stereocenters. The Hall–Kier alpha value is 0.360. The van der Waals surface area contributed by atoms with Crippen LogP contribution >= 0.6 is 9.24 Å². The van der Waals surface area contributed by atoms with Crippen molar-refractivity contribution >= 4 is 9.24 Å². The highest BCUT2D eigenvalue weighted by atomic mass is 31.0. The zero-order valence-electron chi connectivity index (χ0n) is 9.44. The van der Waals surface area contributed by atoms with Crippen LogP contribution in [0.25, 0.3) is 0 Å². The van der Waals surface area contributed by atoms with Gasteiger partial charge in [-0.2, -0.15) is 0 Å². The molecule has 0 N–H and O–H groups in total. The van der Waals surface area contributed by atoms with Gasteiger partial charge in [0.25, 0.3) is 0 Å². The molecular weight excluding hydrogens is 194 g/mol. The fourth-order valence-corrected chi connectivity index (χ4v) is 1.94. The highest BCUT2D eigenvalue weighted by molar-refractivity contribution is 7.16. The molecule has 0 amide bonds. The van der Waals surface area contributed by atoms with Gasteiger partial charge in [-0.15, -0.1) is 9.24 Å². The lowest BCUT2D eigenvalue weighted by molar-refractivity contribution is 0.449. The number of hydrogen-bond donors (Lipinski definition) is 0. The fourth-order valence-electron chi connectivity index (χ4n) is 1.65. The Morgan fingerprint density at radius 1 is 0.571 bits per heavy atom. The summed E-state index contributed by atoms with van der Waals surface area (Å²) in [5.41, 5.74) is 0. The van der Waals surface area contributed by atoms with Crippen LogP contribution in [0, 0.1) is 0 Å². The maximum atomic E-state index is 11.7. The van der Waals surface area contributed by atoms with Gasteiger partial charge in [0.1, 0.15) is 0 Å². The van der Waals surface area contributed by atoms with Gasteiger partial charge in [0.2, 0.25) is 0 Å². The molecule has 0 nitrogen and oxygen atoms in total. The number of unbranched alkanes of at least 4 members (excludes halogenated alkanes) is 9. The van der Waals surface area contributed by atoms with E-state index < -0.39 is 0 Å². The molecule has 0 aromatic carbocycles. The summed E-state index contributed by atoms with van der Waals surface area (Å²) in [6.45, 7) is -0.130. The molecule has 0 aliphatic carbocycles. The van der Waals surface area contributed by atoms with E-state index in [9.17, 15) is 4.39 Å². The molecule has 0 saturated heterocycles. The van der Waals surface area contributed by atoms with Crippen molar-refractivity contribution in [1.29, 1.82) is 0 Å². The summed E-state index contributed by atoms with van der Waals surface area (Å²) in [6.07, 6.45) is 13.9. The Bertz CT molecular complexity index is 84.3. The molecule has 14 heavy (non-hydrogen) atoms. The monoisotopic (exact) mass is 220 g/mol. The van der Waals surface area contributed by atoms with E-state index in [-0.39, 0.29) is 6.67 Å². The third-order valence-corrected chi connectivity index (χ3v) is 3.00. The Kier molecular flexibility index (Phi) is 13.7. The molecule has 86 valence electrons. The predicted molar refractivity (Wildman–Crippen MR) is 66.7 cm³/mol. The minimum Gasteiger partial charge on any atom is -0.251 e. The Labute approximate surface area is 91.2 Å². The van der Waals surface area contributed by atoms with Crippen LogP contribution in [0.1, 0.15) is 64.2 Å². The van der Waals surface area contributed by atoms with Crippen LogP contribution in [0.4, 0.5) is 4.39 Å². The summed E-state index contributed by atoms with van der Waals surface area (Å²) in [6, 6.07) is 0. The van der Waals surface area contributed by atoms with Crippen LogP contribution in [-0.4, -0.2) is 12.8 Å². The summed E-state index contributed by atoms with van der Waals surface area (Å²) in [5, 5.41) is 0. The van der Waals surface area contributed by atoms with Gasteiger partial charge >= 0.3 is 0 Å². The first-order chi connectivity index (χ1) is 6.91. The average Bonchev–Trinajstić information content (AvgIpc) is 2.21. The Morgan fingerprint density at radius 2 is 0.929 bits per heavy atom. The maximum Gasteiger partial charge on any atom is 0.0894 e. The smallest absolute Gasteiger partial charge is 0.0894 e. The number of hydrogen-bond acceptors (Lipinski definition) is 0. The second kappa shape index (κ2) is 13.4. The summed E-state index contributed by atoms with van der Waals surface area (Å²) < 4.78 is 11.7. The second-order valence-corrected chi connectivity index (χ2v) is 4.59. The summed E-state index contributed by atoms with van der Waals surface area (Å²) in [4.78, 5) is 0. The molecular formula is C12H26FP. The first kappa shape index (κ1) is 14.4. The zero-order chi connectivity index (χ0) is 10.5. The van der Waals surface area contributed by atoms with Crippen LogP contribution in [0.5, 0.6) is 0 Å². The third kappa shape index (κ3) is 12.4. The van der Waals surface area contributed by atoms with Crippen molar-refractivity contribution in [2.75, 3.05) is 12.8 Å². The van der Waals surface area contributed by atoms with E-state index in [1.165, 1.54) is 57.5 Å². The average molecular weight is 220 g/mol. The van der Waals surface area contributed by atoms with Gasteiger partial charge < -0.3 is 0 Å². The standard InChI is InChI=1S/C12H26FP/c13-11-9-7-5-3-1-2-4-6-8-10-12-14/h1-12,14H2. The summed E-state index contributed by atoms with van der Waals surface area (Å²) >= 11 is 0. The predicted octanol–water partition coefficient (Wildman–Crippen LogP) is 4.73. The van der Waals surface area contributed by atoms with Crippen molar-refractivity contribution in [2.24, 2.45) is 0 Å². The number of alkyl halides is 1. The molecule has 0 spiro atoms. The van der Waals surface area contributed by atoms with Crippen molar-refractivity contribution in [3.63, 3.8) is 0 Å². The van der Waals surface area contributed by atoms with Crippen LogP contribution in [0.3, 0.4) is 0 Å². The number of rotatable bonds is 11. The fraction of sp³-hybridized carbons (Fsp3) is 1.00. The maximum absolute atomic E-state index is 11.7. The van der Waals surface area contributed by atoms with Crippen molar-refractivity contribution in [1.82, 2.24) is 0 Å².